The van der Waals surface area contributed by atoms with Gasteiger partial charge in [-0.15, -0.1) is 0 Å². The van der Waals surface area contributed by atoms with Crippen LogP contribution in [0.5, 0.6) is 0 Å². The number of carbonyl (C=O) groups excluding carboxylic acids is 2. The first kappa shape index (κ1) is 63.7. The minimum Gasteiger partial charge on any atom is 1.00 e. The zero-order valence-corrected chi connectivity index (χ0v) is 28.7. The molecule has 0 aliphatic rings. The molecule has 53 heavy (non-hydrogen) atoms. The summed E-state index contributed by atoms with van der Waals surface area (Å²) in [4.78, 5) is 20.6. The van der Waals surface area contributed by atoms with Gasteiger partial charge in [-0.05, 0) is 54.4 Å². The van der Waals surface area contributed by atoms with Gasteiger partial charge < -0.3 is 19.8 Å². The summed E-state index contributed by atoms with van der Waals surface area (Å²) in [5.74, 6) is -4.22. The van der Waals surface area contributed by atoms with Crippen LogP contribution in [0.4, 0.5) is 52.7 Å². The van der Waals surface area contributed by atoms with Crippen molar-refractivity contribution in [3.05, 3.63) is 139 Å². The van der Waals surface area contributed by atoms with E-state index >= 15 is 0 Å². The van der Waals surface area contributed by atoms with E-state index in [-0.39, 0.29) is 75.4 Å². The van der Waals surface area contributed by atoms with Crippen LogP contribution in [0.2, 0.25) is 0 Å². The van der Waals surface area contributed by atoms with Crippen LogP contribution < -0.4 is 10.2 Å². The van der Waals surface area contributed by atoms with Crippen molar-refractivity contribution in [3.8, 4) is 0 Å². The molecule has 0 atom stereocenters. The van der Waals surface area contributed by atoms with Gasteiger partial charge in [-0.25, -0.2) is 0 Å². The molecule has 0 aliphatic heterocycles. The van der Waals surface area contributed by atoms with Crippen LogP contribution >= 0.6 is 0 Å². The van der Waals surface area contributed by atoms with Gasteiger partial charge in [0.15, 0.2) is 0 Å². The van der Waals surface area contributed by atoms with Gasteiger partial charge >= 0.3 is 120 Å². The molecule has 288 valence electrons. The van der Waals surface area contributed by atoms with E-state index in [1.807, 2.05) is 18.2 Å². The summed E-state index contributed by atoms with van der Waals surface area (Å²) in [6.45, 7) is 24.6. The van der Waals surface area contributed by atoms with Crippen LogP contribution in [-0.2, 0) is 86.9 Å². The molecule has 0 unspecified atom stereocenters. The standard InChI is InChI=1S/2C9H4F6O2.C7H8.5CO.2Ru/c2*10-8(11,12)5-1-4(7(16)17)2-6(3-5)9(13,14)15;1-7-5-3-2-4-6-7;5*1-2;;/h2*1-3H,(H,16,17);2-6H,1H3;;;;;;;/q;;;;;;;;2*+1/p-2. The van der Waals surface area contributed by atoms with Crippen molar-refractivity contribution in [2.45, 2.75) is 31.6 Å². The number of rotatable bonds is 2. The number of halogens is 12. The molecule has 0 amide bonds. The minimum atomic E-state index is -5.06. The average molecular weight is 949 g/mol. The van der Waals surface area contributed by atoms with Gasteiger partial charge in [0.05, 0.1) is 34.2 Å². The molecule has 3 aromatic carbocycles. The summed E-state index contributed by atoms with van der Waals surface area (Å²) in [5, 5.41) is 20.6. The van der Waals surface area contributed by atoms with Crippen LogP contribution in [0, 0.1) is 40.2 Å². The van der Waals surface area contributed by atoms with Crippen molar-refractivity contribution in [1.82, 2.24) is 0 Å². The Morgan fingerprint density at radius 3 is 0.755 bits per heavy atom. The van der Waals surface area contributed by atoms with E-state index in [2.05, 4.69) is 52.3 Å². The summed E-state index contributed by atoms with van der Waals surface area (Å²) in [7, 11) is 0. The molecule has 3 rings (SSSR count). The summed E-state index contributed by atoms with van der Waals surface area (Å²) >= 11 is 0. The Balaban J connectivity index is -0.000000110. The zero-order chi connectivity index (χ0) is 42.0. The fraction of sp³-hybridized carbons (Fsp3) is 0.167. The Morgan fingerprint density at radius 1 is 0.453 bits per heavy atom. The number of carboxylic acids is 2. The maximum Gasteiger partial charge on any atom is 1.00 e. The van der Waals surface area contributed by atoms with Gasteiger partial charge in [-0.3, -0.25) is 0 Å². The zero-order valence-electron chi connectivity index (χ0n) is 25.3. The molecule has 0 aliphatic carbocycles. The molecule has 0 saturated carbocycles. The van der Waals surface area contributed by atoms with Crippen LogP contribution in [0.25, 0.3) is 0 Å². The topological polar surface area (TPSA) is 180 Å². The van der Waals surface area contributed by atoms with E-state index < -0.39 is 70.0 Å². The second-order valence-corrected chi connectivity index (χ2v) is 7.82. The van der Waals surface area contributed by atoms with Gasteiger partial charge in [0.1, 0.15) is 0 Å². The predicted molar refractivity (Wildman–Crippen MR) is 132 cm³/mol. The third-order valence-corrected chi connectivity index (χ3v) is 4.59. The maximum atomic E-state index is 12.2. The van der Waals surface area contributed by atoms with Gasteiger partial charge in [0, 0.05) is 0 Å². The molecule has 0 saturated heterocycles. The van der Waals surface area contributed by atoms with E-state index in [1.54, 1.807) is 0 Å². The number of aryl methyl sites for hydroxylation is 1. The van der Waals surface area contributed by atoms with Crippen LogP contribution in [0.15, 0.2) is 66.7 Å². The van der Waals surface area contributed by atoms with E-state index in [0.29, 0.717) is 0 Å². The van der Waals surface area contributed by atoms with E-state index in [9.17, 15) is 72.5 Å². The third-order valence-electron chi connectivity index (χ3n) is 4.59. The van der Waals surface area contributed by atoms with Crippen molar-refractivity contribution in [2.24, 2.45) is 0 Å². The minimum absolute atomic E-state index is 0. The number of carboxylic acid groups (broad SMARTS) is 2. The van der Waals surface area contributed by atoms with Gasteiger partial charge in [-0.1, -0.05) is 35.9 Å². The molecular weight excluding hydrogens is 934 g/mol. The molecule has 0 aromatic heterocycles. The molecule has 0 spiro atoms. The first-order chi connectivity index (χ1) is 23.4. The first-order valence-corrected chi connectivity index (χ1v) is 11.5. The molecule has 0 fully saturated rings. The SMILES string of the molecule is Cc1ccccc1.O=C([O-])c1cc(C(F)(F)F)cc(C(F)(F)F)c1.O=C([O-])c1cc(C(F)(F)F)cc(C(F)(F)F)c1.[C-]#[O+].[C-]#[O+].[C-]#[O+].[C-]#[O+].[C-]#[O+].[Ru+].[Ru+]. The first-order valence-electron chi connectivity index (χ1n) is 11.5. The average Bonchev–Trinajstić information content (AvgIpc) is 3.08. The van der Waals surface area contributed by atoms with Crippen LogP contribution in [-0.4, -0.2) is 11.9 Å². The Labute approximate surface area is 316 Å². The Bertz CT molecular complexity index is 1410. The normalized spacial score (nSPS) is 9.42. The second kappa shape index (κ2) is 31.3. The van der Waals surface area contributed by atoms with Gasteiger partial charge in [0.2, 0.25) is 0 Å². The molecule has 2 radical (unpaired) electrons. The number of benzene rings is 3. The maximum absolute atomic E-state index is 12.2. The van der Waals surface area contributed by atoms with Gasteiger partial charge in [-0.2, -0.15) is 52.7 Å². The summed E-state index contributed by atoms with van der Waals surface area (Å²) in [6.07, 6.45) is -20.3. The molecule has 3 aromatic rings. The molecule has 0 heterocycles. The number of hydrogen-bond acceptors (Lipinski definition) is 4. The van der Waals surface area contributed by atoms with Crippen molar-refractivity contribution >= 4 is 11.9 Å². The number of hydrogen-bond donors (Lipinski definition) is 0. The summed E-state index contributed by atoms with van der Waals surface area (Å²) < 4.78 is 184. The molecule has 23 heteroatoms. The van der Waals surface area contributed by atoms with Crippen molar-refractivity contribution < 1.29 is 135 Å². The van der Waals surface area contributed by atoms with Crippen LogP contribution in [0.1, 0.15) is 48.5 Å². The van der Waals surface area contributed by atoms with Crippen LogP contribution in [0.3, 0.4) is 0 Å². The number of carbonyl (C=O) groups is 2. The van der Waals surface area contributed by atoms with E-state index in [4.69, 9.17) is 23.3 Å². The quantitative estimate of drug-likeness (QED) is 0.133. The predicted octanol–water partition coefficient (Wildman–Crippen LogP) is 5.98. The van der Waals surface area contributed by atoms with Crippen molar-refractivity contribution in [2.75, 3.05) is 0 Å². The van der Waals surface area contributed by atoms with E-state index in [1.165, 1.54) is 5.56 Å². The third kappa shape index (κ3) is 28.0. The molecule has 0 bridgehead atoms. The molecular formula is C30H14F12O9Ru2. The number of alkyl halides is 12. The van der Waals surface area contributed by atoms with Gasteiger partial charge in [0.25, 0.3) is 0 Å². The van der Waals surface area contributed by atoms with E-state index in [0.717, 1.165) is 0 Å². The Hall–Kier alpha value is -4.29. The monoisotopic (exact) mass is 950 g/mol. The summed E-state index contributed by atoms with van der Waals surface area (Å²) in [6, 6.07) is 10.3. The fourth-order valence-electron chi connectivity index (χ4n) is 2.68. The molecule has 9 nitrogen and oxygen atoms in total. The van der Waals surface area contributed by atoms with Crippen molar-refractivity contribution in [3.63, 3.8) is 0 Å². The smallest absolute Gasteiger partial charge is 1.00 e. The Morgan fingerprint density at radius 2 is 0.642 bits per heavy atom. The fourth-order valence-corrected chi connectivity index (χ4v) is 2.68. The van der Waals surface area contributed by atoms with Crippen molar-refractivity contribution in [1.29, 1.82) is 0 Å². The second-order valence-electron chi connectivity index (χ2n) is 7.82. The largest absolute Gasteiger partial charge is 1.00 e. The number of aromatic carboxylic acids is 2. The molecule has 0 N–H and O–H groups in total. The summed E-state index contributed by atoms with van der Waals surface area (Å²) in [5.41, 5.74) is -7.78. The Kier molecular flexibility index (Phi) is 37.6.